The highest BCUT2D eigenvalue weighted by molar-refractivity contribution is 5.93. The number of hydrogen-bond acceptors (Lipinski definition) is 6. The van der Waals surface area contributed by atoms with Crippen molar-refractivity contribution in [2.75, 3.05) is 13.2 Å². The average molecular weight is 499 g/mol. The molecule has 1 aromatic heterocycles. The van der Waals surface area contributed by atoms with Crippen molar-refractivity contribution in [3.63, 3.8) is 0 Å². The monoisotopic (exact) mass is 498 g/mol. The van der Waals surface area contributed by atoms with Gasteiger partial charge in [0.1, 0.15) is 28.7 Å². The fraction of sp³-hybridized carbons (Fsp3) is 0.607. The molecule has 0 radical (unpaired) electrons. The van der Waals surface area contributed by atoms with Crippen LogP contribution in [0.1, 0.15) is 71.1 Å². The van der Waals surface area contributed by atoms with Crippen molar-refractivity contribution in [1.29, 1.82) is 0 Å². The van der Waals surface area contributed by atoms with Gasteiger partial charge in [0.25, 0.3) is 5.91 Å². The summed E-state index contributed by atoms with van der Waals surface area (Å²) in [7, 11) is 0. The molecule has 1 atom stereocenters. The van der Waals surface area contributed by atoms with Crippen molar-refractivity contribution < 1.29 is 23.5 Å². The maximum absolute atomic E-state index is 12.9. The van der Waals surface area contributed by atoms with Gasteiger partial charge in [0, 0.05) is 23.7 Å². The lowest BCUT2D eigenvalue weighted by Gasteiger charge is -2.33. The van der Waals surface area contributed by atoms with Crippen molar-refractivity contribution in [3.8, 4) is 11.5 Å². The van der Waals surface area contributed by atoms with E-state index in [1.807, 2.05) is 47.6 Å². The molecule has 0 bridgehead atoms. The maximum atomic E-state index is 12.9. The summed E-state index contributed by atoms with van der Waals surface area (Å²) in [6, 6.07) is 1.16. The average Bonchev–Trinajstić information content (AvgIpc) is 3.29. The molecule has 2 amide bonds. The summed E-state index contributed by atoms with van der Waals surface area (Å²) in [6.07, 6.45) is 3.84. The zero-order valence-corrected chi connectivity index (χ0v) is 22.2. The van der Waals surface area contributed by atoms with Gasteiger partial charge in [0.2, 0.25) is 5.91 Å². The van der Waals surface area contributed by atoms with Crippen LogP contribution < -0.4 is 25.7 Å². The van der Waals surface area contributed by atoms with Crippen molar-refractivity contribution in [3.05, 3.63) is 33.2 Å². The Labute approximate surface area is 212 Å². The molecule has 196 valence electrons. The van der Waals surface area contributed by atoms with Crippen molar-refractivity contribution in [2.24, 2.45) is 11.8 Å². The summed E-state index contributed by atoms with van der Waals surface area (Å²) < 4.78 is 18.1. The zero-order chi connectivity index (χ0) is 26.2. The van der Waals surface area contributed by atoms with E-state index < -0.39 is 11.9 Å². The number of carbonyl (C=O) groups is 2. The number of rotatable bonds is 8. The van der Waals surface area contributed by atoms with Gasteiger partial charge in [-0.2, -0.15) is 0 Å². The molecular formula is C28H38N2O6. The standard InChI is InChI=1S/C28H38N2O6/c1-15(2)13-29-26(32)24(16(3)4)30-22(31)14-34-21-12-20-19(10-11-28(5,6)36-20)25-23(21)17-8-7-9-18(17)27(33)35-25/h12,15-16,24H,7-11,13-14H2,1-6H3,(H,29,32)(H,30,31)/t24-/m0/s1. The second-order valence-corrected chi connectivity index (χ2v) is 11.3. The molecule has 0 saturated heterocycles. The molecule has 1 aliphatic carbocycles. The number of carbonyl (C=O) groups excluding carboxylic acids is 2. The first-order valence-corrected chi connectivity index (χ1v) is 13.0. The summed E-state index contributed by atoms with van der Waals surface area (Å²) in [6.45, 7) is 12.1. The van der Waals surface area contributed by atoms with E-state index in [2.05, 4.69) is 10.6 Å². The predicted molar refractivity (Wildman–Crippen MR) is 138 cm³/mol. The molecule has 2 N–H and O–H groups in total. The third-order valence-electron chi connectivity index (χ3n) is 6.94. The number of aryl methyl sites for hydroxylation is 2. The fourth-order valence-electron chi connectivity index (χ4n) is 4.97. The number of nitrogens with one attached hydrogen (secondary N) is 2. The lowest BCUT2D eigenvalue weighted by Crippen LogP contribution is -2.51. The normalized spacial score (nSPS) is 16.9. The van der Waals surface area contributed by atoms with Gasteiger partial charge in [-0.1, -0.05) is 27.7 Å². The van der Waals surface area contributed by atoms with Crippen LogP contribution in [0.25, 0.3) is 11.0 Å². The lowest BCUT2D eigenvalue weighted by atomic mass is 9.91. The van der Waals surface area contributed by atoms with Gasteiger partial charge in [-0.25, -0.2) is 4.79 Å². The summed E-state index contributed by atoms with van der Waals surface area (Å²) >= 11 is 0. The highest BCUT2D eigenvalue weighted by atomic mass is 16.5. The number of ether oxygens (including phenoxy) is 2. The fourth-order valence-corrected chi connectivity index (χ4v) is 4.97. The van der Waals surface area contributed by atoms with Crippen LogP contribution in [0.5, 0.6) is 11.5 Å². The molecule has 2 aromatic rings. The number of hydrogen-bond donors (Lipinski definition) is 2. The van der Waals surface area contributed by atoms with E-state index in [-0.39, 0.29) is 29.7 Å². The summed E-state index contributed by atoms with van der Waals surface area (Å²) in [5.74, 6) is 0.703. The molecule has 8 heteroatoms. The molecule has 2 aliphatic rings. The van der Waals surface area contributed by atoms with Crippen LogP contribution in [-0.4, -0.2) is 36.6 Å². The second kappa shape index (κ2) is 10.1. The quantitative estimate of drug-likeness (QED) is 0.538. The maximum Gasteiger partial charge on any atom is 0.339 e. The molecule has 1 aliphatic heterocycles. The Kier molecular flexibility index (Phi) is 7.34. The Morgan fingerprint density at radius 1 is 1.08 bits per heavy atom. The molecule has 2 heterocycles. The van der Waals surface area contributed by atoms with Crippen molar-refractivity contribution >= 4 is 22.8 Å². The van der Waals surface area contributed by atoms with E-state index in [1.54, 1.807) is 0 Å². The van der Waals surface area contributed by atoms with Gasteiger partial charge >= 0.3 is 5.63 Å². The minimum absolute atomic E-state index is 0.0844. The van der Waals surface area contributed by atoms with Gasteiger partial charge in [-0.15, -0.1) is 0 Å². The molecule has 0 spiro atoms. The number of fused-ring (bicyclic) bond motifs is 5. The van der Waals surface area contributed by atoms with Crippen LogP contribution in [0, 0.1) is 11.8 Å². The highest BCUT2D eigenvalue weighted by Crippen LogP contribution is 2.44. The first kappa shape index (κ1) is 26.0. The van der Waals surface area contributed by atoms with E-state index in [0.29, 0.717) is 41.5 Å². The Bertz CT molecular complexity index is 1230. The summed E-state index contributed by atoms with van der Waals surface area (Å²) in [5, 5.41) is 6.46. The van der Waals surface area contributed by atoms with Crippen LogP contribution in [0.15, 0.2) is 15.3 Å². The van der Waals surface area contributed by atoms with Crippen LogP contribution in [0.2, 0.25) is 0 Å². The first-order valence-electron chi connectivity index (χ1n) is 13.0. The minimum Gasteiger partial charge on any atom is -0.487 e. The molecule has 4 rings (SSSR count). The second-order valence-electron chi connectivity index (χ2n) is 11.3. The topological polar surface area (TPSA) is 107 Å². The summed E-state index contributed by atoms with van der Waals surface area (Å²) in [5.41, 5.74) is 2.34. The van der Waals surface area contributed by atoms with E-state index in [0.717, 1.165) is 42.2 Å². The van der Waals surface area contributed by atoms with Crippen LogP contribution >= 0.6 is 0 Å². The van der Waals surface area contributed by atoms with Crippen molar-refractivity contribution in [2.45, 2.75) is 85.3 Å². The van der Waals surface area contributed by atoms with Crippen LogP contribution in [0.4, 0.5) is 0 Å². The third kappa shape index (κ3) is 5.37. The zero-order valence-electron chi connectivity index (χ0n) is 22.2. The van der Waals surface area contributed by atoms with E-state index in [9.17, 15) is 14.4 Å². The smallest absolute Gasteiger partial charge is 0.339 e. The molecular weight excluding hydrogens is 460 g/mol. The minimum atomic E-state index is -0.661. The van der Waals surface area contributed by atoms with Crippen LogP contribution in [0.3, 0.4) is 0 Å². The van der Waals surface area contributed by atoms with Crippen molar-refractivity contribution in [1.82, 2.24) is 10.6 Å². The molecule has 36 heavy (non-hydrogen) atoms. The van der Waals surface area contributed by atoms with Crippen LogP contribution in [-0.2, 0) is 28.9 Å². The largest absolute Gasteiger partial charge is 0.487 e. The Hall–Kier alpha value is -3.03. The third-order valence-corrected chi connectivity index (χ3v) is 6.94. The van der Waals surface area contributed by atoms with Gasteiger partial charge in [0.05, 0.1) is 5.39 Å². The molecule has 8 nitrogen and oxygen atoms in total. The predicted octanol–water partition coefficient (Wildman–Crippen LogP) is 3.68. The SMILES string of the molecule is CC(C)CNC(=O)[C@@H](NC(=O)COc1cc2c(c3oc(=O)c4c(c13)CCC4)CCC(C)(C)O2)C(C)C. The Morgan fingerprint density at radius 2 is 1.81 bits per heavy atom. The van der Waals surface area contributed by atoms with Gasteiger partial charge in [-0.3, -0.25) is 9.59 Å². The first-order chi connectivity index (χ1) is 17.0. The molecule has 1 aromatic carbocycles. The number of amides is 2. The van der Waals surface area contributed by atoms with E-state index >= 15 is 0 Å². The van der Waals surface area contributed by atoms with Gasteiger partial charge < -0.3 is 24.5 Å². The number of benzene rings is 1. The molecule has 0 fully saturated rings. The van der Waals surface area contributed by atoms with Gasteiger partial charge in [0.15, 0.2) is 6.61 Å². The Balaban J connectivity index is 1.61. The lowest BCUT2D eigenvalue weighted by molar-refractivity contribution is -0.131. The molecule has 0 unspecified atom stereocenters. The Morgan fingerprint density at radius 3 is 2.50 bits per heavy atom. The van der Waals surface area contributed by atoms with E-state index in [4.69, 9.17) is 13.9 Å². The van der Waals surface area contributed by atoms with E-state index in [1.165, 1.54) is 0 Å². The summed E-state index contributed by atoms with van der Waals surface area (Å²) in [4.78, 5) is 38.2. The highest BCUT2D eigenvalue weighted by Gasteiger charge is 2.33. The molecule has 0 saturated carbocycles. The van der Waals surface area contributed by atoms with Gasteiger partial charge in [-0.05, 0) is 63.4 Å².